The molecule has 0 bridgehead atoms. The van der Waals surface area contributed by atoms with Gasteiger partial charge in [-0.2, -0.15) is 10.1 Å². The average Bonchev–Trinajstić information content (AvgIpc) is 2.32. The smallest absolute Gasteiger partial charge is 0.226 e. The maximum atomic E-state index is 6.18. The molecule has 1 aliphatic heterocycles. The summed E-state index contributed by atoms with van der Waals surface area (Å²) in [5.41, 5.74) is 12.3. The maximum Gasteiger partial charge on any atom is 0.226 e. The molecule has 0 aliphatic carbocycles. The lowest BCUT2D eigenvalue weighted by Crippen LogP contribution is -2.53. The van der Waals surface area contributed by atoms with Crippen LogP contribution >= 0.6 is 23.2 Å². The number of aliphatic imine (C=N–C) groups is 2. The molecule has 0 amide bonds. The Morgan fingerprint density at radius 1 is 1.24 bits per heavy atom. The fraction of sp³-hybridized carbons (Fsp3) is 0.385. The van der Waals surface area contributed by atoms with Crippen molar-refractivity contribution < 1.29 is 4.84 Å². The van der Waals surface area contributed by atoms with Gasteiger partial charge >= 0.3 is 0 Å². The summed E-state index contributed by atoms with van der Waals surface area (Å²) in [7, 11) is 0. The molecule has 0 aromatic heterocycles. The van der Waals surface area contributed by atoms with Crippen LogP contribution < -0.4 is 11.5 Å². The fourth-order valence-corrected chi connectivity index (χ4v) is 2.41. The molecule has 0 fully saturated rings. The average molecular weight is 330 g/mol. The summed E-state index contributed by atoms with van der Waals surface area (Å²) in [6, 6.07) is 3.55. The second kappa shape index (κ2) is 5.71. The third kappa shape index (κ3) is 3.40. The van der Waals surface area contributed by atoms with Crippen LogP contribution in [-0.2, 0) is 11.4 Å². The van der Waals surface area contributed by atoms with Gasteiger partial charge in [-0.25, -0.2) is 4.99 Å². The molecule has 8 heteroatoms. The van der Waals surface area contributed by atoms with Crippen molar-refractivity contribution in [2.75, 3.05) is 0 Å². The number of rotatable bonds is 3. The first-order valence-corrected chi connectivity index (χ1v) is 7.03. The van der Waals surface area contributed by atoms with E-state index < -0.39 is 5.66 Å². The molecule has 1 aromatic rings. The van der Waals surface area contributed by atoms with E-state index in [-0.39, 0.29) is 18.5 Å². The van der Waals surface area contributed by atoms with Crippen molar-refractivity contribution in [1.82, 2.24) is 5.06 Å². The van der Waals surface area contributed by atoms with Gasteiger partial charge in [0, 0.05) is 15.6 Å². The molecular weight excluding hydrogens is 313 g/mol. The molecule has 1 heterocycles. The summed E-state index contributed by atoms with van der Waals surface area (Å²) < 4.78 is 0. The van der Waals surface area contributed by atoms with Crippen molar-refractivity contribution in [3.05, 3.63) is 33.3 Å². The predicted molar refractivity (Wildman–Crippen MR) is 85.2 cm³/mol. The summed E-state index contributed by atoms with van der Waals surface area (Å²) in [5, 5.41) is 2.60. The van der Waals surface area contributed by atoms with E-state index in [9.17, 15) is 0 Å². The Hall–Kier alpha value is -1.50. The fourth-order valence-electron chi connectivity index (χ4n) is 1.95. The van der Waals surface area contributed by atoms with Crippen molar-refractivity contribution in [2.45, 2.75) is 33.0 Å². The normalized spacial score (nSPS) is 17.5. The van der Waals surface area contributed by atoms with Crippen LogP contribution in [0.4, 0.5) is 0 Å². The monoisotopic (exact) mass is 329 g/mol. The molecule has 114 valence electrons. The number of aryl methyl sites for hydroxylation is 1. The molecule has 0 radical (unpaired) electrons. The molecule has 0 saturated heterocycles. The summed E-state index contributed by atoms with van der Waals surface area (Å²) in [6.07, 6.45) is 0. The van der Waals surface area contributed by atoms with Crippen LogP contribution in [0.25, 0.3) is 0 Å². The molecule has 1 aliphatic rings. The van der Waals surface area contributed by atoms with Crippen molar-refractivity contribution >= 4 is 35.1 Å². The molecule has 0 spiro atoms. The van der Waals surface area contributed by atoms with Gasteiger partial charge in [-0.15, -0.1) is 0 Å². The first kappa shape index (κ1) is 15.9. The highest BCUT2D eigenvalue weighted by atomic mass is 35.5. The van der Waals surface area contributed by atoms with Gasteiger partial charge in [-0.05, 0) is 38.5 Å². The van der Waals surface area contributed by atoms with Crippen LogP contribution in [0.1, 0.15) is 25.0 Å². The Bertz CT molecular complexity index is 627. The highest BCUT2D eigenvalue weighted by Gasteiger charge is 2.33. The van der Waals surface area contributed by atoms with Crippen LogP contribution in [-0.4, -0.2) is 22.6 Å². The van der Waals surface area contributed by atoms with Crippen molar-refractivity contribution in [3.8, 4) is 0 Å². The first-order chi connectivity index (χ1) is 9.70. The number of halogens is 2. The zero-order valence-electron chi connectivity index (χ0n) is 12.0. The zero-order chi connectivity index (χ0) is 15.8. The van der Waals surface area contributed by atoms with Gasteiger partial charge in [0.25, 0.3) is 0 Å². The number of hydrogen-bond donors (Lipinski definition) is 2. The number of benzene rings is 1. The number of guanidine groups is 2. The minimum absolute atomic E-state index is 0.119. The molecule has 1 aromatic carbocycles. The van der Waals surface area contributed by atoms with Gasteiger partial charge in [-0.3, -0.25) is 4.84 Å². The number of nitrogens with zero attached hydrogens (tertiary/aromatic N) is 3. The van der Waals surface area contributed by atoms with Gasteiger partial charge in [0.2, 0.25) is 11.9 Å². The Morgan fingerprint density at radius 2 is 1.90 bits per heavy atom. The summed E-state index contributed by atoms with van der Waals surface area (Å²) in [5.74, 6) is 0.260. The van der Waals surface area contributed by atoms with Gasteiger partial charge in [-0.1, -0.05) is 23.2 Å². The predicted octanol–water partition coefficient (Wildman–Crippen LogP) is 2.41. The van der Waals surface area contributed by atoms with Crippen LogP contribution in [0.3, 0.4) is 0 Å². The van der Waals surface area contributed by atoms with Crippen molar-refractivity contribution in [1.29, 1.82) is 0 Å². The SMILES string of the molecule is Cc1cc(Cl)c(CON2C(N)=NC(N)=NC2(C)C)cc1Cl. The third-order valence-electron chi connectivity index (χ3n) is 3.00. The summed E-state index contributed by atoms with van der Waals surface area (Å²) >= 11 is 12.3. The Morgan fingerprint density at radius 3 is 2.52 bits per heavy atom. The highest BCUT2D eigenvalue weighted by Crippen LogP contribution is 2.27. The molecule has 6 nitrogen and oxygen atoms in total. The molecule has 2 rings (SSSR count). The van der Waals surface area contributed by atoms with E-state index in [4.69, 9.17) is 39.5 Å². The minimum Gasteiger partial charge on any atom is -0.368 e. The first-order valence-electron chi connectivity index (χ1n) is 6.28. The van der Waals surface area contributed by atoms with Crippen LogP contribution in [0.2, 0.25) is 10.0 Å². The van der Waals surface area contributed by atoms with E-state index in [0.717, 1.165) is 11.1 Å². The van der Waals surface area contributed by atoms with Gasteiger partial charge in [0.05, 0.1) is 0 Å². The molecule has 0 atom stereocenters. The second-order valence-corrected chi connectivity index (χ2v) is 6.01. The van der Waals surface area contributed by atoms with E-state index >= 15 is 0 Å². The van der Waals surface area contributed by atoms with Crippen LogP contribution in [0.5, 0.6) is 0 Å². The van der Waals surface area contributed by atoms with E-state index in [1.807, 2.05) is 20.8 Å². The van der Waals surface area contributed by atoms with E-state index in [0.29, 0.717) is 10.0 Å². The lowest BCUT2D eigenvalue weighted by Gasteiger charge is -2.36. The third-order valence-corrected chi connectivity index (χ3v) is 3.76. The molecule has 0 saturated carbocycles. The van der Waals surface area contributed by atoms with Crippen LogP contribution in [0, 0.1) is 6.92 Å². The van der Waals surface area contributed by atoms with E-state index in [1.165, 1.54) is 5.06 Å². The molecule has 0 unspecified atom stereocenters. The summed E-state index contributed by atoms with van der Waals surface area (Å²) in [6.45, 7) is 5.69. The topological polar surface area (TPSA) is 89.2 Å². The summed E-state index contributed by atoms with van der Waals surface area (Å²) in [4.78, 5) is 13.8. The Labute approximate surface area is 133 Å². The quantitative estimate of drug-likeness (QED) is 0.891. The number of hydroxylamine groups is 2. The maximum absolute atomic E-state index is 6.18. The molecule has 21 heavy (non-hydrogen) atoms. The van der Waals surface area contributed by atoms with E-state index in [2.05, 4.69) is 9.98 Å². The molecule has 4 N–H and O–H groups in total. The number of nitrogens with two attached hydrogens (primary N) is 2. The van der Waals surface area contributed by atoms with Crippen LogP contribution in [0.15, 0.2) is 22.1 Å². The van der Waals surface area contributed by atoms with Crippen molar-refractivity contribution in [2.24, 2.45) is 21.5 Å². The second-order valence-electron chi connectivity index (χ2n) is 5.20. The zero-order valence-corrected chi connectivity index (χ0v) is 13.5. The lowest BCUT2D eigenvalue weighted by molar-refractivity contribution is -0.166. The van der Waals surface area contributed by atoms with Gasteiger partial charge < -0.3 is 11.5 Å². The van der Waals surface area contributed by atoms with E-state index in [1.54, 1.807) is 12.1 Å². The van der Waals surface area contributed by atoms with Gasteiger partial charge in [0.1, 0.15) is 6.61 Å². The largest absolute Gasteiger partial charge is 0.368 e. The Kier molecular flexibility index (Phi) is 4.32. The molecular formula is C13H17Cl2N5O. The van der Waals surface area contributed by atoms with Gasteiger partial charge in [0.15, 0.2) is 5.66 Å². The lowest BCUT2D eigenvalue weighted by atomic mass is 10.1. The number of hydrogen-bond acceptors (Lipinski definition) is 6. The standard InChI is InChI=1S/C13H17Cl2N5O/c1-7-4-10(15)8(5-9(7)14)6-21-20-12(17)18-11(16)19-13(20,2)3/h4-5H,6H2,1-3H3,(H4,16,17,18,19). The highest BCUT2D eigenvalue weighted by molar-refractivity contribution is 6.34. The Balaban J connectivity index is 2.17. The van der Waals surface area contributed by atoms with Crippen molar-refractivity contribution in [3.63, 3.8) is 0 Å². The minimum atomic E-state index is -0.753.